The summed E-state index contributed by atoms with van der Waals surface area (Å²) in [6.07, 6.45) is 5.42. The van der Waals surface area contributed by atoms with E-state index in [9.17, 15) is 14.4 Å². The summed E-state index contributed by atoms with van der Waals surface area (Å²) in [4.78, 5) is 47.3. The van der Waals surface area contributed by atoms with Crippen LogP contribution in [0, 0.1) is 0 Å². The Balaban J connectivity index is 1.47. The van der Waals surface area contributed by atoms with Gasteiger partial charge in [-0.3, -0.25) is 23.7 Å². The molecule has 4 aromatic rings. The molecule has 0 radical (unpaired) electrons. The van der Waals surface area contributed by atoms with E-state index in [1.54, 1.807) is 54.9 Å². The highest BCUT2D eigenvalue weighted by molar-refractivity contribution is 5.91. The third-order valence-corrected chi connectivity index (χ3v) is 5.41. The first-order chi connectivity index (χ1) is 16.6. The summed E-state index contributed by atoms with van der Waals surface area (Å²) in [6.45, 7) is 0.832. The maximum atomic E-state index is 13.3. The first-order valence-corrected chi connectivity index (χ1v) is 10.8. The Kier molecular flexibility index (Phi) is 5.77. The molecule has 5 rings (SSSR count). The van der Waals surface area contributed by atoms with E-state index in [4.69, 9.17) is 9.47 Å². The number of hydrogen-bond donors (Lipinski definition) is 1. The molecule has 0 atom stereocenters. The molecule has 0 aliphatic carbocycles. The molecule has 34 heavy (non-hydrogen) atoms. The van der Waals surface area contributed by atoms with Crippen molar-refractivity contribution in [1.29, 1.82) is 0 Å². The number of anilines is 1. The lowest BCUT2D eigenvalue weighted by Crippen LogP contribution is -2.42. The van der Waals surface area contributed by atoms with Gasteiger partial charge in [-0.2, -0.15) is 0 Å². The molecule has 1 amide bonds. The zero-order valence-electron chi connectivity index (χ0n) is 18.1. The minimum atomic E-state index is -0.601. The molecule has 10 nitrogen and oxygen atoms in total. The molecule has 3 aromatic heterocycles. The van der Waals surface area contributed by atoms with Gasteiger partial charge in [0, 0.05) is 36.8 Å². The van der Waals surface area contributed by atoms with E-state index < -0.39 is 17.2 Å². The van der Waals surface area contributed by atoms with Crippen LogP contribution < -0.4 is 26.0 Å². The highest BCUT2D eigenvalue weighted by Crippen LogP contribution is 2.32. The number of fused-ring (bicyclic) bond motifs is 2. The van der Waals surface area contributed by atoms with E-state index in [0.717, 1.165) is 16.6 Å². The molecule has 0 spiro atoms. The number of hydrogen-bond acceptors (Lipinski definition) is 7. The molecule has 1 N–H and O–H groups in total. The van der Waals surface area contributed by atoms with Gasteiger partial charge in [-0.1, -0.05) is 0 Å². The molecular formula is C24H21N5O5. The smallest absolute Gasteiger partial charge is 0.332 e. The standard InChI is InChI=1S/C24H21N5O5/c30-21(27-17-4-5-19-20(13-17)34-12-2-11-33-19)15-28-18-3-1-8-26-22(18)23(31)29(24(28)32)14-16-6-9-25-10-7-16/h1,3-10,13H,2,11-12,14-15H2,(H,27,30). The highest BCUT2D eigenvalue weighted by atomic mass is 16.5. The van der Waals surface area contributed by atoms with Crippen LogP contribution in [0.4, 0.5) is 5.69 Å². The van der Waals surface area contributed by atoms with Gasteiger partial charge in [0.05, 0.1) is 25.3 Å². The summed E-state index contributed by atoms with van der Waals surface area (Å²) in [5, 5.41) is 2.79. The molecule has 10 heteroatoms. The minimum absolute atomic E-state index is 0.0382. The van der Waals surface area contributed by atoms with Crippen LogP contribution in [0.3, 0.4) is 0 Å². The quantitative estimate of drug-likeness (QED) is 0.484. The van der Waals surface area contributed by atoms with Crippen molar-refractivity contribution >= 4 is 22.6 Å². The van der Waals surface area contributed by atoms with Crippen LogP contribution in [0.5, 0.6) is 11.5 Å². The lowest BCUT2D eigenvalue weighted by Gasteiger charge is -2.14. The van der Waals surface area contributed by atoms with Crippen LogP contribution in [0.15, 0.2) is 70.6 Å². The molecule has 4 heterocycles. The molecule has 172 valence electrons. The van der Waals surface area contributed by atoms with Crippen LogP contribution in [0.1, 0.15) is 12.0 Å². The number of rotatable bonds is 5. The molecule has 0 unspecified atom stereocenters. The van der Waals surface area contributed by atoms with E-state index in [0.29, 0.717) is 30.4 Å². The van der Waals surface area contributed by atoms with Crippen molar-refractivity contribution in [3.63, 3.8) is 0 Å². The second-order valence-corrected chi connectivity index (χ2v) is 7.75. The number of carbonyl (C=O) groups excluding carboxylic acids is 1. The third-order valence-electron chi connectivity index (χ3n) is 5.41. The number of nitrogens with one attached hydrogen (secondary N) is 1. The molecule has 0 saturated carbocycles. The summed E-state index contributed by atoms with van der Waals surface area (Å²) in [5.41, 5.74) is 0.521. The predicted molar refractivity (Wildman–Crippen MR) is 124 cm³/mol. The van der Waals surface area contributed by atoms with E-state index in [2.05, 4.69) is 15.3 Å². The molecule has 0 fully saturated rings. The molecule has 1 aliphatic heterocycles. The average Bonchev–Trinajstić information content (AvgIpc) is 3.10. The van der Waals surface area contributed by atoms with Crippen molar-refractivity contribution in [2.45, 2.75) is 19.5 Å². The summed E-state index contributed by atoms with van der Waals surface area (Å²) in [7, 11) is 0. The summed E-state index contributed by atoms with van der Waals surface area (Å²) >= 11 is 0. The summed E-state index contributed by atoms with van der Waals surface area (Å²) in [5.74, 6) is 0.732. The Hall–Kier alpha value is -4.47. The van der Waals surface area contributed by atoms with Crippen LogP contribution in [0.25, 0.3) is 11.0 Å². The fourth-order valence-electron chi connectivity index (χ4n) is 3.79. The van der Waals surface area contributed by atoms with Crippen molar-refractivity contribution in [3.05, 3.63) is 87.5 Å². The second-order valence-electron chi connectivity index (χ2n) is 7.75. The van der Waals surface area contributed by atoms with Crippen molar-refractivity contribution in [3.8, 4) is 11.5 Å². The fourth-order valence-corrected chi connectivity index (χ4v) is 3.79. The average molecular weight is 459 g/mol. The molecule has 1 aromatic carbocycles. The van der Waals surface area contributed by atoms with E-state index >= 15 is 0 Å². The second kappa shape index (κ2) is 9.18. The Labute approximate surface area is 193 Å². The molecule has 0 bridgehead atoms. The largest absolute Gasteiger partial charge is 0.490 e. The Morgan fingerprint density at radius 1 is 0.971 bits per heavy atom. The lowest BCUT2D eigenvalue weighted by atomic mass is 10.2. The monoisotopic (exact) mass is 459 g/mol. The van der Waals surface area contributed by atoms with Crippen molar-refractivity contribution in [2.24, 2.45) is 0 Å². The number of nitrogens with zero attached hydrogens (tertiary/aromatic N) is 4. The van der Waals surface area contributed by atoms with Crippen molar-refractivity contribution in [2.75, 3.05) is 18.5 Å². The maximum Gasteiger partial charge on any atom is 0.332 e. The molecule has 1 aliphatic rings. The van der Waals surface area contributed by atoms with Crippen molar-refractivity contribution < 1.29 is 14.3 Å². The highest BCUT2D eigenvalue weighted by Gasteiger charge is 2.17. The number of benzene rings is 1. The number of pyridine rings is 2. The van der Waals surface area contributed by atoms with Crippen LogP contribution in [0.2, 0.25) is 0 Å². The fraction of sp³-hybridized carbons (Fsp3) is 0.208. The normalized spacial score (nSPS) is 12.8. The van der Waals surface area contributed by atoms with Crippen LogP contribution in [-0.2, 0) is 17.9 Å². The number of amides is 1. The number of ether oxygens (including phenoxy) is 2. The Morgan fingerprint density at radius 2 is 1.76 bits per heavy atom. The third kappa shape index (κ3) is 4.25. The van der Waals surface area contributed by atoms with Gasteiger partial charge in [-0.25, -0.2) is 9.78 Å². The Bertz CT molecular complexity index is 1480. The zero-order chi connectivity index (χ0) is 23.5. The van der Waals surface area contributed by atoms with Gasteiger partial charge in [0.25, 0.3) is 5.56 Å². The van der Waals surface area contributed by atoms with Gasteiger partial charge in [0.15, 0.2) is 17.0 Å². The van der Waals surface area contributed by atoms with Gasteiger partial charge in [0.2, 0.25) is 5.91 Å². The predicted octanol–water partition coefficient (Wildman–Crippen LogP) is 1.80. The number of carbonyl (C=O) groups is 1. The molecular weight excluding hydrogens is 438 g/mol. The summed E-state index contributed by atoms with van der Waals surface area (Å²) < 4.78 is 13.6. The van der Waals surface area contributed by atoms with Gasteiger partial charge in [-0.15, -0.1) is 0 Å². The first-order valence-electron chi connectivity index (χ1n) is 10.8. The van der Waals surface area contributed by atoms with Gasteiger partial charge >= 0.3 is 5.69 Å². The van der Waals surface area contributed by atoms with E-state index in [1.165, 1.54) is 10.8 Å². The van der Waals surface area contributed by atoms with E-state index in [1.807, 2.05) is 0 Å². The first kappa shape index (κ1) is 21.4. The minimum Gasteiger partial charge on any atom is -0.490 e. The topological polar surface area (TPSA) is 117 Å². The number of aromatic nitrogens is 4. The lowest BCUT2D eigenvalue weighted by molar-refractivity contribution is -0.116. The maximum absolute atomic E-state index is 13.3. The Morgan fingerprint density at radius 3 is 2.59 bits per heavy atom. The van der Waals surface area contributed by atoms with Crippen LogP contribution in [-0.4, -0.2) is 38.2 Å². The zero-order valence-corrected chi connectivity index (χ0v) is 18.1. The van der Waals surface area contributed by atoms with E-state index in [-0.39, 0.29) is 24.1 Å². The summed E-state index contributed by atoms with van der Waals surface area (Å²) in [6, 6.07) is 11.8. The van der Waals surface area contributed by atoms with Gasteiger partial charge in [-0.05, 0) is 42.0 Å². The van der Waals surface area contributed by atoms with Crippen LogP contribution >= 0.6 is 0 Å². The van der Waals surface area contributed by atoms with Gasteiger partial charge in [0.1, 0.15) is 6.54 Å². The SMILES string of the molecule is O=C(Cn1c(=O)n(Cc2ccncc2)c(=O)c2ncccc21)Nc1ccc2c(c1)OCCCO2. The molecule has 0 saturated heterocycles. The van der Waals surface area contributed by atoms with Crippen molar-refractivity contribution in [1.82, 2.24) is 19.1 Å². The van der Waals surface area contributed by atoms with Gasteiger partial charge < -0.3 is 14.8 Å².